The molecule has 0 aliphatic heterocycles. The number of aromatic nitrogens is 4. The van der Waals surface area contributed by atoms with Gasteiger partial charge in [-0.3, -0.25) is 0 Å². The lowest BCUT2D eigenvalue weighted by atomic mass is 10.2. The van der Waals surface area contributed by atoms with Gasteiger partial charge in [-0.05, 0) is 42.0 Å². The molecule has 3 aromatic rings. The summed E-state index contributed by atoms with van der Waals surface area (Å²) in [5, 5.41) is 25.9. The Morgan fingerprint density at radius 2 is 1.88 bits per heavy atom. The zero-order chi connectivity index (χ0) is 16.8. The van der Waals surface area contributed by atoms with Crippen molar-refractivity contribution >= 4 is 23.4 Å². The van der Waals surface area contributed by atoms with E-state index in [2.05, 4.69) is 50.2 Å². The molecule has 122 valence electrons. The van der Waals surface area contributed by atoms with Crippen molar-refractivity contribution in [1.29, 1.82) is 0 Å². The predicted molar refractivity (Wildman–Crippen MR) is 90.9 cm³/mol. The maximum atomic E-state index is 10.8. The molecule has 3 rings (SSSR count). The number of anilines is 1. The number of carbonyl (C=O) groups is 1. The smallest absolute Gasteiger partial charge is 0.335 e. The minimum atomic E-state index is -0.921. The SMILES string of the molecule is O=C(O)c1ccc(NCc2ccc(SCc3nn[nH]n3)cc2)cc1. The molecule has 1 aromatic heterocycles. The highest BCUT2D eigenvalue weighted by molar-refractivity contribution is 7.98. The summed E-state index contributed by atoms with van der Waals surface area (Å²) >= 11 is 1.64. The third-order valence-electron chi connectivity index (χ3n) is 3.31. The van der Waals surface area contributed by atoms with Crippen molar-refractivity contribution in [3.63, 3.8) is 0 Å². The average molecular weight is 341 g/mol. The zero-order valence-corrected chi connectivity index (χ0v) is 13.5. The molecule has 0 aliphatic rings. The lowest BCUT2D eigenvalue weighted by Crippen LogP contribution is -2.00. The van der Waals surface area contributed by atoms with Gasteiger partial charge >= 0.3 is 5.97 Å². The summed E-state index contributed by atoms with van der Waals surface area (Å²) in [6.45, 7) is 0.669. The van der Waals surface area contributed by atoms with Gasteiger partial charge in [-0.2, -0.15) is 5.21 Å². The Labute approximate surface area is 142 Å². The lowest BCUT2D eigenvalue weighted by Gasteiger charge is -2.07. The molecule has 7 nitrogen and oxygen atoms in total. The van der Waals surface area contributed by atoms with E-state index >= 15 is 0 Å². The molecular formula is C16H15N5O2S. The zero-order valence-electron chi connectivity index (χ0n) is 12.6. The monoisotopic (exact) mass is 341 g/mol. The van der Waals surface area contributed by atoms with Gasteiger partial charge in [-0.25, -0.2) is 4.79 Å². The van der Waals surface area contributed by atoms with Crippen LogP contribution in [0.3, 0.4) is 0 Å². The molecule has 0 bridgehead atoms. The number of tetrazole rings is 1. The summed E-state index contributed by atoms with van der Waals surface area (Å²) in [6.07, 6.45) is 0. The first-order valence-electron chi connectivity index (χ1n) is 7.22. The highest BCUT2D eigenvalue weighted by atomic mass is 32.2. The van der Waals surface area contributed by atoms with Crippen molar-refractivity contribution in [2.24, 2.45) is 0 Å². The number of hydrogen-bond donors (Lipinski definition) is 3. The van der Waals surface area contributed by atoms with Crippen molar-refractivity contribution in [3.05, 3.63) is 65.5 Å². The number of rotatable bonds is 7. The second-order valence-electron chi connectivity index (χ2n) is 5.00. The van der Waals surface area contributed by atoms with Crippen molar-refractivity contribution in [2.75, 3.05) is 5.32 Å². The molecule has 1 heterocycles. The molecule has 0 amide bonds. The summed E-state index contributed by atoms with van der Waals surface area (Å²) in [5.41, 5.74) is 2.31. The van der Waals surface area contributed by atoms with Gasteiger partial charge in [0.2, 0.25) is 0 Å². The van der Waals surface area contributed by atoms with E-state index in [-0.39, 0.29) is 5.56 Å². The maximum absolute atomic E-state index is 10.8. The highest BCUT2D eigenvalue weighted by Crippen LogP contribution is 2.21. The van der Waals surface area contributed by atoms with Gasteiger partial charge in [0.25, 0.3) is 0 Å². The van der Waals surface area contributed by atoms with Crippen LogP contribution in [0.4, 0.5) is 5.69 Å². The van der Waals surface area contributed by atoms with Crippen molar-refractivity contribution in [3.8, 4) is 0 Å². The second-order valence-corrected chi connectivity index (χ2v) is 6.05. The molecule has 0 unspecified atom stereocenters. The van der Waals surface area contributed by atoms with Gasteiger partial charge in [0, 0.05) is 17.1 Å². The third kappa shape index (κ3) is 4.32. The molecule has 0 saturated carbocycles. The molecule has 8 heteroatoms. The van der Waals surface area contributed by atoms with Crippen LogP contribution in [0, 0.1) is 0 Å². The molecule has 24 heavy (non-hydrogen) atoms. The number of benzene rings is 2. The minimum absolute atomic E-state index is 0.281. The lowest BCUT2D eigenvalue weighted by molar-refractivity contribution is 0.0697. The van der Waals surface area contributed by atoms with E-state index in [4.69, 9.17) is 5.11 Å². The van der Waals surface area contributed by atoms with E-state index in [1.807, 2.05) is 0 Å². The van der Waals surface area contributed by atoms with Crippen LogP contribution in [-0.4, -0.2) is 31.7 Å². The van der Waals surface area contributed by atoms with Crippen molar-refractivity contribution in [2.45, 2.75) is 17.2 Å². The summed E-state index contributed by atoms with van der Waals surface area (Å²) in [4.78, 5) is 12.0. The van der Waals surface area contributed by atoms with Gasteiger partial charge in [-0.1, -0.05) is 17.3 Å². The molecule has 0 fully saturated rings. The van der Waals surface area contributed by atoms with E-state index in [1.165, 1.54) is 0 Å². The summed E-state index contributed by atoms with van der Waals surface area (Å²) in [6, 6.07) is 14.9. The Balaban J connectivity index is 1.51. The van der Waals surface area contributed by atoms with Gasteiger partial charge in [0.15, 0.2) is 5.82 Å². The van der Waals surface area contributed by atoms with Crippen LogP contribution < -0.4 is 5.32 Å². The van der Waals surface area contributed by atoms with E-state index in [1.54, 1.807) is 36.0 Å². The Morgan fingerprint density at radius 1 is 1.12 bits per heavy atom. The number of nitrogens with one attached hydrogen (secondary N) is 2. The van der Waals surface area contributed by atoms with Gasteiger partial charge in [0.05, 0.1) is 11.3 Å². The fourth-order valence-corrected chi connectivity index (χ4v) is 2.78. The minimum Gasteiger partial charge on any atom is -0.478 e. The van der Waals surface area contributed by atoms with Crippen molar-refractivity contribution in [1.82, 2.24) is 20.6 Å². The Kier molecular flexibility index (Phi) is 5.07. The molecule has 0 atom stereocenters. The van der Waals surface area contributed by atoms with Crippen LogP contribution in [0.25, 0.3) is 0 Å². The molecule has 0 spiro atoms. The summed E-state index contributed by atoms with van der Waals surface area (Å²) in [7, 11) is 0. The van der Waals surface area contributed by atoms with Crippen LogP contribution >= 0.6 is 11.8 Å². The second kappa shape index (κ2) is 7.60. The quantitative estimate of drug-likeness (QED) is 0.568. The van der Waals surface area contributed by atoms with Crippen LogP contribution in [0.5, 0.6) is 0 Å². The number of thioether (sulfide) groups is 1. The third-order valence-corrected chi connectivity index (χ3v) is 4.32. The molecular weight excluding hydrogens is 326 g/mol. The predicted octanol–water partition coefficient (Wildman–Crippen LogP) is 2.80. The van der Waals surface area contributed by atoms with Gasteiger partial charge in [0.1, 0.15) is 0 Å². The van der Waals surface area contributed by atoms with Gasteiger partial charge in [-0.15, -0.1) is 22.0 Å². The molecule has 0 saturated heterocycles. The fraction of sp³-hybridized carbons (Fsp3) is 0.125. The first-order valence-corrected chi connectivity index (χ1v) is 8.20. The fourth-order valence-electron chi connectivity index (χ4n) is 2.03. The van der Waals surface area contributed by atoms with Crippen LogP contribution in [0.2, 0.25) is 0 Å². The summed E-state index contributed by atoms with van der Waals surface area (Å²) < 4.78 is 0. The standard InChI is InChI=1S/C16H15N5O2S/c22-16(23)12-3-5-13(6-4-12)17-9-11-1-7-14(8-2-11)24-10-15-18-20-21-19-15/h1-8,17H,9-10H2,(H,22,23)(H,18,19,20,21). The van der Waals surface area contributed by atoms with Crippen LogP contribution in [-0.2, 0) is 12.3 Å². The molecule has 3 N–H and O–H groups in total. The molecule has 2 aromatic carbocycles. The molecule has 0 radical (unpaired) electrons. The van der Waals surface area contributed by atoms with Crippen molar-refractivity contribution < 1.29 is 9.90 Å². The number of nitrogens with zero attached hydrogens (tertiary/aromatic N) is 3. The number of H-pyrrole nitrogens is 1. The Bertz CT molecular complexity index is 788. The number of aromatic amines is 1. The number of aromatic carboxylic acids is 1. The first kappa shape index (κ1) is 16.0. The maximum Gasteiger partial charge on any atom is 0.335 e. The number of carboxylic acids is 1. The van der Waals surface area contributed by atoms with Gasteiger partial charge < -0.3 is 10.4 Å². The first-order chi connectivity index (χ1) is 11.7. The van der Waals surface area contributed by atoms with Crippen LogP contribution in [0.1, 0.15) is 21.7 Å². The number of carboxylic acid groups (broad SMARTS) is 1. The topological polar surface area (TPSA) is 104 Å². The van der Waals surface area contributed by atoms with E-state index in [0.29, 0.717) is 18.1 Å². The Morgan fingerprint density at radius 3 is 2.50 bits per heavy atom. The largest absolute Gasteiger partial charge is 0.478 e. The van der Waals surface area contributed by atoms with E-state index in [0.717, 1.165) is 16.1 Å². The number of hydrogen-bond acceptors (Lipinski definition) is 6. The average Bonchev–Trinajstić information content (AvgIpc) is 3.13. The highest BCUT2D eigenvalue weighted by Gasteiger charge is 2.03. The Hall–Kier alpha value is -2.87. The summed E-state index contributed by atoms with van der Waals surface area (Å²) in [5.74, 6) is 0.426. The molecule has 0 aliphatic carbocycles. The normalized spacial score (nSPS) is 10.5. The van der Waals surface area contributed by atoms with E-state index < -0.39 is 5.97 Å². The van der Waals surface area contributed by atoms with E-state index in [9.17, 15) is 4.79 Å². The van der Waals surface area contributed by atoms with Crippen LogP contribution in [0.15, 0.2) is 53.4 Å².